The fraction of sp³-hybridized carbons (Fsp3) is 0.889. The number of hydrogen-bond donors (Lipinski definition) is 2. The molecule has 2 aliphatic heterocycles. The molecule has 10 nitrogen and oxygen atoms in total. The van der Waals surface area contributed by atoms with Crippen LogP contribution in [-0.2, 0) is 28.7 Å². The fourth-order valence-corrected chi connectivity index (χ4v) is 18.6. The van der Waals surface area contributed by atoms with Crippen molar-refractivity contribution >= 4 is 23.4 Å². The van der Waals surface area contributed by atoms with Gasteiger partial charge in [0, 0.05) is 59.7 Å². The Morgan fingerprint density at radius 2 is 0.906 bits per heavy atom. The summed E-state index contributed by atoms with van der Waals surface area (Å²) in [5, 5.41) is 16.5. The zero-order chi connectivity index (χ0) is 44.9. The van der Waals surface area contributed by atoms with Crippen molar-refractivity contribution in [2.45, 2.75) is 195 Å². The lowest BCUT2D eigenvalue weighted by molar-refractivity contribution is -0.162. The van der Waals surface area contributed by atoms with Crippen LogP contribution in [0.3, 0.4) is 0 Å². The summed E-state index contributed by atoms with van der Waals surface area (Å²) < 4.78 is 12.6. The van der Waals surface area contributed by atoms with E-state index in [1.54, 1.807) is 0 Å². The number of ether oxygens (including phenoxy) is 2. The molecule has 0 spiro atoms. The highest BCUT2D eigenvalue weighted by atomic mass is 16.6. The molecule has 10 heteroatoms. The van der Waals surface area contributed by atoms with Crippen molar-refractivity contribution in [1.29, 1.82) is 0 Å². The van der Waals surface area contributed by atoms with E-state index in [0.29, 0.717) is 47.3 Å². The average Bonchev–Trinajstić information content (AvgIpc) is 4.08. The van der Waals surface area contributed by atoms with Gasteiger partial charge >= 0.3 is 11.9 Å². The van der Waals surface area contributed by atoms with Crippen LogP contribution >= 0.6 is 0 Å². The van der Waals surface area contributed by atoms with Crippen LogP contribution in [0.15, 0.2) is 22.5 Å². The third-order valence-corrected chi connectivity index (χ3v) is 22.1. The monoisotopic (exact) mass is 885 g/mol. The van der Waals surface area contributed by atoms with Crippen LogP contribution in [0.25, 0.3) is 0 Å². The smallest absolute Gasteiger partial charge is 0.331 e. The van der Waals surface area contributed by atoms with Gasteiger partial charge in [-0.3, -0.25) is 0 Å². The van der Waals surface area contributed by atoms with E-state index in [2.05, 4.69) is 66.0 Å². The molecule has 64 heavy (non-hydrogen) atoms. The second-order valence-electron chi connectivity index (χ2n) is 25.4. The van der Waals surface area contributed by atoms with Crippen LogP contribution in [0.2, 0.25) is 0 Å². The van der Waals surface area contributed by atoms with Crippen LogP contribution in [-0.4, -0.2) is 74.0 Å². The largest absolute Gasteiger partial charge is 0.459 e. The Hall–Kier alpha value is -2.46. The molecule has 8 saturated carbocycles. The minimum absolute atomic E-state index is 0.0249. The number of oxime groups is 2. The van der Waals surface area contributed by atoms with Crippen LogP contribution in [0, 0.1) is 79.8 Å². The summed E-state index contributed by atoms with van der Waals surface area (Å²) in [5.74, 6) is 4.21. The first kappa shape index (κ1) is 45.3. The van der Waals surface area contributed by atoms with Crippen molar-refractivity contribution in [3.63, 3.8) is 0 Å². The first-order chi connectivity index (χ1) is 30.5. The van der Waals surface area contributed by atoms with Crippen LogP contribution in [0.5, 0.6) is 0 Å². The molecule has 8 aliphatic carbocycles. The maximum atomic E-state index is 13.5. The Bertz CT molecular complexity index is 1750. The zero-order valence-corrected chi connectivity index (χ0v) is 41.0. The standard InChI is InChI=1S/C54H84N4O6/c1-49(2)41-13-9-35-37-11-15-45(53(37,7)25-19-39(35)51(41,5)27-21-43(49)57-63-33-23-29-55-31-33)61-47(59)17-18-48(60)62-46-16-12-38-36-10-14-42-50(3,4)44(58-64-34-24-30-56-32-34)22-28-52(42,6)40(36)20-26-54(38,46)8/h17-18,33-42,45-46,55-56H,9-16,19-32H2,1-8H3/b18-17+,57-43+,58-44+/t33-,34-,35-,36-,37-,38-,39+,40+,41?,42?,45?,46?,51+,52+,53-,54-/m0/s1. The van der Waals surface area contributed by atoms with Crippen molar-refractivity contribution in [1.82, 2.24) is 10.6 Å². The lowest BCUT2D eigenvalue weighted by atomic mass is 9.41. The molecule has 0 bridgehead atoms. The van der Waals surface area contributed by atoms with Gasteiger partial charge in [-0.25, -0.2) is 9.59 Å². The van der Waals surface area contributed by atoms with Crippen molar-refractivity contribution < 1.29 is 28.7 Å². The fourth-order valence-electron chi connectivity index (χ4n) is 18.6. The highest BCUT2D eigenvalue weighted by molar-refractivity contribution is 5.92. The quantitative estimate of drug-likeness (QED) is 0.141. The topological polar surface area (TPSA) is 120 Å². The Morgan fingerprint density at radius 1 is 0.500 bits per heavy atom. The molecule has 2 saturated heterocycles. The van der Waals surface area contributed by atoms with E-state index in [0.717, 1.165) is 90.4 Å². The maximum Gasteiger partial charge on any atom is 0.331 e. The Kier molecular flexibility index (Phi) is 11.8. The highest BCUT2D eigenvalue weighted by Crippen LogP contribution is 2.70. The second kappa shape index (κ2) is 16.6. The molecule has 2 heterocycles. The Balaban J connectivity index is 0.729. The minimum Gasteiger partial charge on any atom is -0.459 e. The third-order valence-electron chi connectivity index (χ3n) is 22.1. The van der Waals surface area contributed by atoms with Gasteiger partial charge in [0.2, 0.25) is 0 Å². The average molecular weight is 885 g/mol. The van der Waals surface area contributed by atoms with Crippen LogP contribution in [0.1, 0.15) is 171 Å². The molecule has 0 aromatic carbocycles. The third kappa shape index (κ3) is 7.36. The molecule has 10 rings (SSSR count). The molecule has 4 unspecified atom stereocenters. The number of rotatable bonds is 8. The molecular formula is C54H84N4O6. The van der Waals surface area contributed by atoms with Gasteiger partial charge < -0.3 is 29.8 Å². The molecule has 0 radical (unpaired) electrons. The summed E-state index contributed by atoms with van der Waals surface area (Å²) in [6.45, 7) is 23.6. The van der Waals surface area contributed by atoms with E-state index in [-0.39, 0.29) is 56.9 Å². The molecule has 16 atom stereocenters. The lowest BCUT2D eigenvalue weighted by Crippen LogP contribution is -2.58. The number of fused-ring (bicyclic) bond motifs is 10. The van der Waals surface area contributed by atoms with Gasteiger partial charge in [0.05, 0.1) is 11.4 Å². The lowest BCUT2D eigenvalue weighted by Gasteiger charge is -2.63. The van der Waals surface area contributed by atoms with Gasteiger partial charge in [-0.2, -0.15) is 0 Å². The SMILES string of the molecule is CC1(C)/C(=N/O[C@H]2CCNC2)CC[C@@]2(C)C1CC[C@@H]1[C@H]2CC[C@]2(C)C(OC(=O)/C=C/C(=O)OC3CC[C@H]4[C@@H]5CCC6C(C)(C)/C(=N/O[C@H]7CCNC7)CC[C@]6(C)[C@@H]5CC[C@]34C)CC[C@@H]12. The van der Waals surface area contributed by atoms with Gasteiger partial charge in [-0.05, 0) is 174 Å². The molecule has 10 aliphatic rings. The van der Waals surface area contributed by atoms with E-state index >= 15 is 0 Å². The minimum atomic E-state index is -0.398. The summed E-state index contributed by atoms with van der Waals surface area (Å²) in [6.07, 6.45) is 22.9. The first-order valence-corrected chi connectivity index (χ1v) is 26.5. The molecule has 0 amide bonds. The normalized spacial score (nSPS) is 49.0. The van der Waals surface area contributed by atoms with E-state index in [1.807, 2.05) is 0 Å². The van der Waals surface area contributed by atoms with Crippen LogP contribution in [0.4, 0.5) is 0 Å². The first-order valence-electron chi connectivity index (χ1n) is 26.5. The predicted octanol–water partition coefficient (Wildman–Crippen LogP) is 10.2. The van der Waals surface area contributed by atoms with Crippen molar-refractivity contribution in [3.8, 4) is 0 Å². The number of hydrogen-bond acceptors (Lipinski definition) is 10. The summed E-state index contributed by atoms with van der Waals surface area (Å²) >= 11 is 0. The molecule has 2 N–H and O–H groups in total. The molecule has 10 fully saturated rings. The van der Waals surface area contributed by atoms with Gasteiger partial charge in [0.1, 0.15) is 24.4 Å². The van der Waals surface area contributed by atoms with E-state index < -0.39 is 11.9 Å². The summed E-state index contributed by atoms with van der Waals surface area (Å²) in [5.41, 5.74) is 3.08. The Labute approximate surface area is 385 Å². The van der Waals surface area contributed by atoms with E-state index in [1.165, 1.54) is 74.9 Å². The van der Waals surface area contributed by atoms with Crippen molar-refractivity contribution in [3.05, 3.63) is 12.2 Å². The van der Waals surface area contributed by atoms with Crippen molar-refractivity contribution in [2.75, 3.05) is 26.2 Å². The van der Waals surface area contributed by atoms with E-state index in [9.17, 15) is 9.59 Å². The summed E-state index contributed by atoms with van der Waals surface area (Å²) in [6, 6.07) is 0. The maximum absolute atomic E-state index is 13.5. The van der Waals surface area contributed by atoms with Crippen molar-refractivity contribution in [2.24, 2.45) is 90.1 Å². The van der Waals surface area contributed by atoms with Gasteiger partial charge in [-0.1, -0.05) is 65.7 Å². The second-order valence-corrected chi connectivity index (χ2v) is 25.4. The molecule has 0 aromatic rings. The highest BCUT2D eigenvalue weighted by Gasteiger charge is 2.65. The molecule has 356 valence electrons. The summed E-state index contributed by atoms with van der Waals surface area (Å²) in [7, 11) is 0. The van der Waals surface area contributed by atoms with E-state index in [4.69, 9.17) is 29.5 Å². The van der Waals surface area contributed by atoms with Gasteiger partial charge in [0.25, 0.3) is 0 Å². The summed E-state index contributed by atoms with van der Waals surface area (Å²) in [4.78, 5) is 39.2. The van der Waals surface area contributed by atoms with Gasteiger partial charge in [0.15, 0.2) is 0 Å². The molecular weight excluding hydrogens is 801 g/mol. The Morgan fingerprint density at radius 3 is 1.30 bits per heavy atom. The molecule has 0 aromatic heterocycles. The number of nitrogens with one attached hydrogen (secondary N) is 2. The number of esters is 2. The number of nitrogens with zero attached hydrogens (tertiary/aromatic N) is 2. The number of carbonyl (C=O) groups is 2. The van der Waals surface area contributed by atoms with Crippen LogP contribution < -0.4 is 10.6 Å². The zero-order valence-electron chi connectivity index (χ0n) is 41.0. The van der Waals surface area contributed by atoms with Gasteiger partial charge in [-0.15, -0.1) is 0 Å². The predicted molar refractivity (Wildman–Crippen MR) is 250 cm³/mol. The number of carbonyl (C=O) groups excluding carboxylic acids is 2.